The first-order valence-electron chi connectivity index (χ1n) is 4.27. The maximum absolute atomic E-state index is 4.23. The van der Waals surface area contributed by atoms with Crippen LogP contribution in [0.4, 0.5) is 0 Å². The molecule has 1 radical (unpaired) electrons. The van der Waals surface area contributed by atoms with Crippen LogP contribution >= 0.6 is 0 Å². The van der Waals surface area contributed by atoms with Gasteiger partial charge >= 0.3 is 0 Å². The standard InChI is InChI=1S/C9H16N/c1-9(2)5-7-3-4-8(6-9)10-7/h7-8,10H,1,3-6H2,2H3. The van der Waals surface area contributed by atoms with E-state index in [1.165, 1.54) is 25.7 Å². The Bertz CT molecular complexity index is 126. The van der Waals surface area contributed by atoms with E-state index in [-0.39, 0.29) is 0 Å². The zero-order valence-corrected chi connectivity index (χ0v) is 6.69. The van der Waals surface area contributed by atoms with Gasteiger partial charge in [0.1, 0.15) is 0 Å². The molecule has 0 aromatic carbocycles. The minimum absolute atomic E-state index is 0.372. The lowest BCUT2D eigenvalue weighted by Crippen LogP contribution is -2.41. The normalized spacial score (nSPS) is 43.8. The molecule has 2 rings (SSSR count). The first kappa shape index (κ1) is 6.66. The number of piperidine rings is 1. The average molecular weight is 138 g/mol. The van der Waals surface area contributed by atoms with Crippen LogP contribution in [0.5, 0.6) is 0 Å². The molecular formula is C9H16N. The number of fused-ring (bicyclic) bond motifs is 2. The fourth-order valence-electron chi connectivity index (χ4n) is 2.50. The molecule has 2 aliphatic heterocycles. The van der Waals surface area contributed by atoms with Gasteiger partial charge in [0.25, 0.3) is 0 Å². The highest BCUT2D eigenvalue weighted by Gasteiger charge is 2.37. The largest absolute Gasteiger partial charge is 0.311 e. The van der Waals surface area contributed by atoms with Gasteiger partial charge < -0.3 is 5.32 Å². The van der Waals surface area contributed by atoms with Crippen LogP contribution in [0.2, 0.25) is 0 Å². The Morgan fingerprint density at radius 1 is 1.30 bits per heavy atom. The third kappa shape index (κ3) is 1.07. The van der Waals surface area contributed by atoms with Gasteiger partial charge in [-0.2, -0.15) is 0 Å². The van der Waals surface area contributed by atoms with Gasteiger partial charge in [-0.15, -0.1) is 0 Å². The topological polar surface area (TPSA) is 12.0 Å². The van der Waals surface area contributed by atoms with Crippen LogP contribution in [0.25, 0.3) is 0 Å². The van der Waals surface area contributed by atoms with Crippen LogP contribution in [-0.4, -0.2) is 12.1 Å². The monoisotopic (exact) mass is 138 g/mol. The van der Waals surface area contributed by atoms with Gasteiger partial charge in [0.15, 0.2) is 0 Å². The highest BCUT2D eigenvalue weighted by molar-refractivity contribution is 4.98. The highest BCUT2D eigenvalue weighted by atomic mass is 15.0. The molecule has 0 saturated carbocycles. The van der Waals surface area contributed by atoms with Crippen molar-refractivity contribution in [2.24, 2.45) is 5.41 Å². The molecule has 2 heterocycles. The van der Waals surface area contributed by atoms with E-state index in [1.54, 1.807) is 0 Å². The molecule has 2 unspecified atom stereocenters. The van der Waals surface area contributed by atoms with Crippen molar-refractivity contribution in [1.82, 2.24) is 5.32 Å². The Labute approximate surface area is 63.2 Å². The minimum Gasteiger partial charge on any atom is -0.311 e. The molecule has 2 bridgehead atoms. The first-order valence-corrected chi connectivity index (χ1v) is 4.27. The summed E-state index contributed by atoms with van der Waals surface area (Å²) in [6.45, 7) is 6.52. The van der Waals surface area contributed by atoms with Crippen LogP contribution in [0.3, 0.4) is 0 Å². The van der Waals surface area contributed by atoms with E-state index in [0.29, 0.717) is 5.41 Å². The van der Waals surface area contributed by atoms with Gasteiger partial charge in [-0.1, -0.05) is 6.92 Å². The smallest absolute Gasteiger partial charge is 0.00754 e. The van der Waals surface area contributed by atoms with E-state index >= 15 is 0 Å². The Balaban J connectivity index is 2.09. The lowest BCUT2D eigenvalue weighted by Gasteiger charge is -2.35. The number of hydrogen-bond acceptors (Lipinski definition) is 1. The molecule has 2 saturated heterocycles. The molecule has 2 aliphatic rings. The summed E-state index contributed by atoms with van der Waals surface area (Å²) in [4.78, 5) is 0. The van der Waals surface area contributed by atoms with E-state index in [1.807, 2.05) is 0 Å². The molecule has 0 spiro atoms. The van der Waals surface area contributed by atoms with Crippen molar-refractivity contribution in [2.75, 3.05) is 0 Å². The van der Waals surface area contributed by atoms with E-state index in [0.717, 1.165) is 12.1 Å². The third-order valence-electron chi connectivity index (χ3n) is 2.81. The van der Waals surface area contributed by atoms with E-state index < -0.39 is 0 Å². The van der Waals surface area contributed by atoms with E-state index in [2.05, 4.69) is 19.2 Å². The lowest BCUT2D eigenvalue weighted by molar-refractivity contribution is 0.237. The van der Waals surface area contributed by atoms with Crippen molar-refractivity contribution < 1.29 is 0 Å². The molecule has 0 aromatic heterocycles. The number of rotatable bonds is 0. The van der Waals surface area contributed by atoms with Crippen molar-refractivity contribution in [1.29, 1.82) is 0 Å². The summed E-state index contributed by atoms with van der Waals surface area (Å²) in [7, 11) is 0. The van der Waals surface area contributed by atoms with Gasteiger partial charge in [0.2, 0.25) is 0 Å². The van der Waals surface area contributed by atoms with Gasteiger partial charge in [0, 0.05) is 12.1 Å². The Morgan fingerprint density at radius 3 is 2.30 bits per heavy atom. The molecule has 1 heteroatoms. The van der Waals surface area contributed by atoms with Crippen molar-refractivity contribution in [2.45, 2.75) is 44.7 Å². The maximum Gasteiger partial charge on any atom is 0.00754 e. The molecular weight excluding hydrogens is 122 g/mol. The van der Waals surface area contributed by atoms with Crippen molar-refractivity contribution in [3.8, 4) is 0 Å². The lowest BCUT2D eigenvalue weighted by atomic mass is 9.79. The molecule has 2 atom stereocenters. The zero-order chi connectivity index (χ0) is 7.19. The Morgan fingerprint density at radius 2 is 1.80 bits per heavy atom. The molecule has 0 aliphatic carbocycles. The predicted octanol–water partition coefficient (Wildman–Crippen LogP) is 1.74. The molecule has 0 amide bonds. The van der Waals surface area contributed by atoms with Crippen LogP contribution in [0.15, 0.2) is 0 Å². The molecule has 1 N–H and O–H groups in total. The molecule has 0 aromatic rings. The van der Waals surface area contributed by atoms with Crippen LogP contribution in [0, 0.1) is 12.3 Å². The summed E-state index contributed by atoms with van der Waals surface area (Å²) in [5.41, 5.74) is 0.372. The predicted molar refractivity (Wildman–Crippen MR) is 42.6 cm³/mol. The second-order valence-electron chi connectivity index (χ2n) is 4.36. The fraction of sp³-hybridized carbons (Fsp3) is 0.889. The summed E-state index contributed by atoms with van der Waals surface area (Å²) < 4.78 is 0. The van der Waals surface area contributed by atoms with Gasteiger partial charge in [-0.3, -0.25) is 0 Å². The van der Waals surface area contributed by atoms with Crippen LogP contribution in [-0.2, 0) is 0 Å². The summed E-state index contributed by atoms with van der Waals surface area (Å²) >= 11 is 0. The van der Waals surface area contributed by atoms with Gasteiger partial charge in [0.05, 0.1) is 0 Å². The summed E-state index contributed by atoms with van der Waals surface area (Å²) in [5, 5.41) is 3.61. The minimum atomic E-state index is 0.372. The van der Waals surface area contributed by atoms with Crippen LogP contribution in [0.1, 0.15) is 32.6 Å². The Kier molecular flexibility index (Phi) is 1.31. The SMILES string of the molecule is [CH2]C1(C)CC2CCC(C1)N2. The second kappa shape index (κ2) is 1.97. The van der Waals surface area contributed by atoms with E-state index in [9.17, 15) is 0 Å². The van der Waals surface area contributed by atoms with E-state index in [4.69, 9.17) is 0 Å². The summed E-state index contributed by atoms with van der Waals surface area (Å²) in [5.74, 6) is 0. The number of nitrogens with one attached hydrogen (secondary N) is 1. The Hall–Kier alpha value is -0.0400. The summed E-state index contributed by atoms with van der Waals surface area (Å²) in [6, 6.07) is 1.59. The zero-order valence-electron chi connectivity index (χ0n) is 6.69. The quantitative estimate of drug-likeness (QED) is 0.537. The second-order valence-corrected chi connectivity index (χ2v) is 4.36. The van der Waals surface area contributed by atoms with Crippen molar-refractivity contribution >= 4 is 0 Å². The third-order valence-corrected chi connectivity index (χ3v) is 2.81. The van der Waals surface area contributed by atoms with Gasteiger partial charge in [-0.05, 0) is 38.0 Å². The summed E-state index contributed by atoms with van der Waals surface area (Å²) in [6.07, 6.45) is 5.33. The average Bonchev–Trinajstić information content (AvgIpc) is 2.08. The number of hydrogen-bond donors (Lipinski definition) is 1. The van der Waals surface area contributed by atoms with Crippen molar-refractivity contribution in [3.63, 3.8) is 0 Å². The molecule has 10 heavy (non-hydrogen) atoms. The highest BCUT2D eigenvalue weighted by Crippen LogP contribution is 2.38. The van der Waals surface area contributed by atoms with Gasteiger partial charge in [-0.25, -0.2) is 0 Å². The fourth-order valence-corrected chi connectivity index (χ4v) is 2.50. The van der Waals surface area contributed by atoms with Crippen LogP contribution < -0.4 is 5.32 Å². The molecule has 2 fully saturated rings. The molecule has 1 nitrogen and oxygen atoms in total. The molecule has 57 valence electrons. The first-order chi connectivity index (χ1) is 4.66. The maximum atomic E-state index is 4.23. The van der Waals surface area contributed by atoms with Crippen molar-refractivity contribution in [3.05, 3.63) is 6.92 Å².